The maximum atomic E-state index is 12.6. The molecule has 0 spiro atoms. The van der Waals surface area contributed by atoms with Crippen LogP contribution in [0.4, 0.5) is 10.2 Å². The summed E-state index contributed by atoms with van der Waals surface area (Å²) in [5.74, 6) is 0.464. The fourth-order valence-electron chi connectivity index (χ4n) is 1.40. The van der Waals surface area contributed by atoms with Crippen LogP contribution in [0.5, 0.6) is 0 Å². The Kier molecular flexibility index (Phi) is 4.36. The Hall–Kier alpha value is -1.12. The van der Waals surface area contributed by atoms with E-state index in [0.29, 0.717) is 6.04 Å². The molecule has 1 aromatic rings. The summed E-state index contributed by atoms with van der Waals surface area (Å²) >= 11 is 0. The van der Waals surface area contributed by atoms with E-state index in [1.165, 1.54) is 12.3 Å². The van der Waals surface area contributed by atoms with Crippen molar-refractivity contribution in [3.05, 3.63) is 24.1 Å². The van der Waals surface area contributed by atoms with Crippen molar-refractivity contribution >= 4 is 5.82 Å². The number of nitrogens with one attached hydrogen (secondary N) is 1. The minimum absolute atomic E-state index is 0.293. The van der Waals surface area contributed by atoms with Gasteiger partial charge in [-0.1, -0.05) is 20.3 Å². The zero-order valence-corrected chi connectivity index (χ0v) is 8.76. The molecular weight excluding hydrogens is 179 g/mol. The lowest BCUT2D eigenvalue weighted by molar-refractivity contribution is 0.611. The first kappa shape index (κ1) is 11.0. The van der Waals surface area contributed by atoms with Crippen molar-refractivity contribution in [2.45, 2.75) is 39.2 Å². The Bertz CT molecular complexity index is 258. The van der Waals surface area contributed by atoms with E-state index in [9.17, 15) is 4.39 Å². The second kappa shape index (κ2) is 5.58. The van der Waals surface area contributed by atoms with E-state index in [4.69, 9.17) is 0 Å². The Morgan fingerprint density at radius 2 is 2.21 bits per heavy atom. The summed E-state index contributed by atoms with van der Waals surface area (Å²) in [7, 11) is 0. The molecule has 0 aromatic carbocycles. The first-order valence-corrected chi connectivity index (χ1v) is 5.14. The van der Waals surface area contributed by atoms with Crippen molar-refractivity contribution in [1.82, 2.24) is 4.98 Å². The smallest absolute Gasteiger partial charge is 0.141 e. The predicted octanol–water partition coefficient (Wildman–Crippen LogP) is 3.21. The maximum absolute atomic E-state index is 12.6. The minimum Gasteiger partial charge on any atom is -0.367 e. The van der Waals surface area contributed by atoms with Crippen molar-refractivity contribution in [2.75, 3.05) is 5.32 Å². The third-order valence-corrected chi connectivity index (χ3v) is 2.21. The summed E-state index contributed by atoms with van der Waals surface area (Å²) in [6, 6.07) is 3.54. The van der Waals surface area contributed by atoms with Crippen molar-refractivity contribution < 1.29 is 4.39 Å². The highest BCUT2D eigenvalue weighted by molar-refractivity contribution is 5.34. The van der Waals surface area contributed by atoms with Crippen LogP contribution in [0.1, 0.15) is 33.1 Å². The van der Waals surface area contributed by atoms with E-state index < -0.39 is 0 Å². The van der Waals surface area contributed by atoms with Gasteiger partial charge in [0.2, 0.25) is 0 Å². The van der Waals surface area contributed by atoms with Crippen LogP contribution < -0.4 is 5.32 Å². The van der Waals surface area contributed by atoms with E-state index in [0.717, 1.165) is 25.1 Å². The van der Waals surface area contributed by atoms with Gasteiger partial charge in [-0.2, -0.15) is 0 Å². The van der Waals surface area contributed by atoms with Crippen LogP contribution >= 0.6 is 0 Å². The number of rotatable bonds is 5. The third kappa shape index (κ3) is 3.32. The number of pyridine rings is 1. The third-order valence-electron chi connectivity index (χ3n) is 2.21. The van der Waals surface area contributed by atoms with Gasteiger partial charge in [-0.25, -0.2) is 9.37 Å². The summed E-state index contributed by atoms with van der Waals surface area (Å²) in [5.41, 5.74) is 0. The molecule has 0 fully saturated rings. The highest BCUT2D eigenvalue weighted by Crippen LogP contribution is 2.10. The van der Waals surface area contributed by atoms with E-state index in [2.05, 4.69) is 24.1 Å². The van der Waals surface area contributed by atoms with Crippen molar-refractivity contribution in [3.8, 4) is 0 Å². The Labute approximate surface area is 84.6 Å². The molecule has 1 aromatic heterocycles. The second-order valence-corrected chi connectivity index (χ2v) is 3.40. The van der Waals surface area contributed by atoms with Gasteiger partial charge in [0.05, 0.1) is 6.20 Å². The van der Waals surface area contributed by atoms with Crippen molar-refractivity contribution in [3.63, 3.8) is 0 Å². The molecular formula is C11H17FN2. The SMILES string of the molecule is CCCC(CC)Nc1ccc(F)cn1. The zero-order valence-electron chi connectivity index (χ0n) is 8.76. The molecule has 14 heavy (non-hydrogen) atoms. The monoisotopic (exact) mass is 196 g/mol. The number of hydrogen-bond acceptors (Lipinski definition) is 2. The number of nitrogens with zero attached hydrogens (tertiary/aromatic N) is 1. The van der Waals surface area contributed by atoms with Gasteiger partial charge in [-0.15, -0.1) is 0 Å². The van der Waals surface area contributed by atoms with Gasteiger partial charge in [0.1, 0.15) is 11.6 Å². The van der Waals surface area contributed by atoms with Gasteiger partial charge in [0, 0.05) is 6.04 Å². The van der Waals surface area contributed by atoms with Crippen LogP contribution in [0.25, 0.3) is 0 Å². The average molecular weight is 196 g/mol. The fraction of sp³-hybridized carbons (Fsp3) is 0.545. The highest BCUT2D eigenvalue weighted by atomic mass is 19.1. The molecule has 0 aliphatic carbocycles. The molecule has 0 saturated carbocycles. The number of hydrogen-bond donors (Lipinski definition) is 1. The summed E-state index contributed by atoms with van der Waals surface area (Å²) < 4.78 is 12.6. The van der Waals surface area contributed by atoms with Crippen LogP contribution in [0.3, 0.4) is 0 Å². The van der Waals surface area contributed by atoms with Crippen molar-refractivity contribution in [2.24, 2.45) is 0 Å². The highest BCUT2D eigenvalue weighted by Gasteiger charge is 2.04. The Morgan fingerprint density at radius 3 is 2.71 bits per heavy atom. The Balaban J connectivity index is 2.53. The van der Waals surface area contributed by atoms with Gasteiger partial charge >= 0.3 is 0 Å². The molecule has 0 aliphatic heterocycles. The van der Waals surface area contributed by atoms with Crippen molar-refractivity contribution in [1.29, 1.82) is 0 Å². The van der Waals surface area contributed by atoms with Crippen LogP contribution in [-0.4, -0.2) is 11.0 Å². The predicted molar refractivity (Wildman–Crippen MR) is 56.8 cm³/mol. The summed E-state index contributed by atoms with van der Waals surface area (Å²) in [6.07, 6.45) is 4.57. The molecule has 0 amide bonds. The molecule has 1 rings (SSSR count). The summed E-state index contributed by atoms with van der Waals surface area (Å²) in [6.45, 7) is 4.29. The van der Waals surface area contributed by atoms with Gasteiger partial charge in [-0.3, -0.25) is 0 Å². The van der Waals surface area contributed by atoms with Crippen LogP contribution in [0.2, 0.25) is 0 Å². The van der Waals surface area contributed by atoms with Crippen LogP contribution in [0.15, 0.2) is 18.3 Å². The molecule has 0 aliphatic rings. The lowest BCUT2D eigenvalue weighted by Crippen LogP contribution is -2.18. The quantitative estimate of drug-likeness (QED) is 0.782. The molecule has 1 unspecified atom stereocenters. The van der Waals surface area contributed by atoms with E-state index in [1.54, 1.807) is 6.07 Å². The molecule has 3 heteroatoms. The molecule has 1 N–H and O–H groups in total. The molecule has 0 bridgehead atoms. The van der Waals surface area contributed by atoms with Crippen LogP contribution in [0, 0.1) is 5.82 Å². The molecule has 1 heterocycles. The fourth-order valence-corrected chi connectivity index (χ4v) is 1.40. The number of aromatic nitrogens is 1. The lowest BCUT2D eigenvalue weighted by Gasteiger charge is -2.16. The molecule has 2 nitrogen and oxygen atoms in total. The molecule has 78 valence electrons. The molecule has 1 atom stereocenters. The minimum atomic E-state index is -0.293. The standard InChI is InChI=1S/C11H17FN2/c1-3-5-10(4-2)14-11-7-6-9(12)8-13-11/h6-8,10H,3-5H2,1-2H3,(H,13,14). The average Bonchev–Trinajstić information content (AvgIpc) is 2.20. The van der Waals surface area contributed by atoms with Crippen LogP contribution in [-0.2, 0) is 0 Å². The molecule has 0 radical (unpaired) electrons. The first-order valence-electron chi connectivity index (χ1n) is 5.14. The number of anilines is 1. The lowest BCUT2D eigenvalue weighted by atomic mass is 10.1. The first-order chi connectivity index (χ1) is 6.76. The van der Waals surface area contributed by atoms with E-state index in [-0.39, 0.29) is 5.82 Å². The second-order valence-electron chi connectivity index (χ2n) is 3.40. The summed E-state index contributed by atoms with van der Waals surface area (Å²) in [4.78, 5) is 3.96. The van der Waals surface area contributed by atoms with E-state index >= 15 is 0 Å². The van der Waals surface area contributed by atoms with E-state index in [1.807, 2.05) is 0 Å². The largest absolute Gasteiger partial charge is 0.367 e. The number of halogens is 1. The maximum Gasteiger partial charge on any atom is 0.141 e. The normalized spacial score (nSPS) is 12.5. The van der Waals surface area contributed by atoms with Gasteiger partial charge in [0.15, 0.2) is 0 Å². The summed E-state index contributed by atoms with van der Waals surface area (Å²) in [5, 5.41) is 3.28. The van der Waals surface area contributed by atoms with Gasteiger partial charge < -0.3 is 5.32 Å². The zero-order chi connectivity index (χ0) is 10.4. The van der Waals surface area contributed by atoms with Gasteiger partial charge in [0.25, 0.3) is 0 Å². The Morgan fingerprint density at radius 1 is 1.43 bits per heavy atom. The van der Waals surface area contributed by atoms with Gasteiger partial charge in [-0.05, 0) is 25.0 Å². The topological polar surface area (TPSA) is 24.9 Å². The molecule has 0 saturated heterocycles.